The summed E-state index contributed by atoms with van der Waals surface area (Å²) in [4.78, 5) is 26.5. The lowest BCUT2D eigenvalue weighted by molar-refractivity contribution is -0.133. The molecule has 1 heterocycles. The van der Waals surface area contributed by atoms with Gasteiger partial charge in [0.1, 0.15) is 6.04 Å². The second-order valence-corrected chi connectivity index (χ2v) is 5.21. The minimum Gasteiger partial charge on any atom is -0.341 e. The molecular formula is C16H22N2O2. The predicted octanol–water partition coefficient (Wildman–Crippen LogP) is 1.99. The number of nitrogens with one attached hydrogen (secondary N) is 1. The molecule has 0 bridgehead atoms. The van der Waals surface area contributed by atoms with Gasteiger partial charge in [-0.05, 0) is 24.5 Å². The van der Waals surface area contributed by atoms with Crippen molar-refractivity contribution in [3.05, 3.63) is 35.4 Å². The molecule has 20 heavy (non-hydrogen) atoms. The average molecular weight is 274 g/mol. The Kier molecular flexibility index (Phi) is 4.77. The van der Waals surface area contributed by atoms with Gasteiger partial charge in [0.25, 0.3) is 5.91 Å². The van der Waals surface area contributed by atoms with E-state index in [0.717, 1.165) is 31.5 Å². The first-order valence-electron chi connectivity index (χ1n) is 7.35. The predicted molar refractivity (Wildman–Crippen MR) is 78.6 cm³/mol. The number of rotatable bonds is 5. The van der Waals surface area contributed by atoms with Crippen LogP contribution in [0.15, 0.2) is 24.3 Å². The van der Waals surface area contributed by atoms with E-state index in [2.05, 4.69) is 19.2 Å². The molecule has 1 aliphatic rings. The van der Waals surface area contributed by atoms with E-state index in [1.54, 1.807) is 6.07 Å². The summed E-state index contributed by atoms with van der Waals surface area (Å²) in [6, 6.07) is 7.07. The van der Waals surface area contributed by atoms with Crippen LogP contribution in [0.4, 0.5) is 0 Å². The van der Waals surface area contributed by atoms with Crippen LogP contribution >= 0.6 is 0 Å². The van der Waals surface area contributed by atoms with Crippen LogP contribution in [0.2, 0.25) is 0 Å². The van der Waals surface area contributed by atoms with E-state index in [-0.39, 0.29) is 11.8 Å². The molecule has 0 saturated carbocycles. The Labute approximate surface area is 120 Å². The molecule has 1 N–H and O–H groups in total. The molecule has 2 rings (SSSR count). The van der Waals surface area contributed by atoms with Gasteiger partial charge in [0.2, 0.25) is 5.91 Å². The second kappa shape index (κ2) is 6.55. The van der Waals surface area contributed by atoms with Crippen molar-refractivity contribution in [2.24, 2.45) is 0 Å². The quantitative estimate of drug-likeness (QED) is 0.892. The third kappa shape index (κ3) is 3.00. The number of benzene rings is 1. The first-order valence-corrected chi connectivity index (χ1v) is 7.35. The van der Waals surface area contributed by atoms with E-state index in [4.69, 9.17) is 0 Å². The van der Waals surface area contributed by atoms with E-state index in [9.17, 15) is 9.59 Å². The molecule has 0 aromatic heterocycles. The molecule has 0 saturated heterocycles. The summed E-state index contributed by atoms with van der Waals surface area (Å²) in [6.45, 7) is 5.62. The van der Waals surface area contributed by atoms with Gasteiger partial charge in [-0.3, -0.25) is 9.59 Å². The number of fused-ring (bicyclic) bond motifs is 1. The van der Waals surface area contributed by atoms with Crippen molar-refractivity contribution in [1.82, 2.24) is 10.2 Å². The third-order valence-electron chi connectivity index (χ3n) is 3.59. The summed E-state index contributed by atoms with van der Waals surface area (Å²) in [7, 11) is 0. The Hall–Kier alpha value is -1.84. The highest BCUT2D eigenvalue weighted by Gasteiger charge is 2.31. The van der Waals surface area contributed by atoms with Gasteiger partial charge in [-0.2, -0.15) is 0 Å². The number of carbonyl (C=O) groups is 2. The van der Waals surface area contributed by atoms with Crippen molar-refractivity contribution in [2.45, 2.75) is 39.2 Å². The lowest BCUT2D eigenvalue weighted by Gasteiger charge is -2.30. The van der Waals surface area contributed by atoms with Gasteiger partial charge in [0.05, 0.1) is 0 Å². The summed E-state index contributed by atoms with van der Waals surface area (Å²) in [5, 5.41) is 2.84. The van der Waals surface area contributed by atoms with Crippen LogP contribution < -0.4 is 5.32 Å². The highest BCUT2D eigenvalue weighted by Crippen LogP contribution is 2.17. The van der Waals surface area contributed by atoms with E-state index < -0.39 is 6.04 Å². The van der Waals surface area contributed by atoms with Gasteiger partial charge in [0.15, 0.2) is 0 Å². The van der Waals surface area contributed by atoms with Crippen molar-refractivity contribution < 1.29 is 9.59 Å². The van der Waals surface area contributed by atoms with Crippen LogP contribution in [-0.2, 0) is 11.2 Å². The minimum atomic E-state index is -0.421. The van der Waals surface area contributed by atoms with Gasteiger partial charge < -0.3 is 10.2 Å². The first kappa shape index (κ1) is 14.6. The van der Waals surface area contributed by atoms with Gasteiger partial charge in [-0.15, -0.1) is 0 Å². The molecule has 1 atom stereocenters. The molecule has 1 aromatic carbocycles. The Morgan fingerprint density at radius 2 is 1.90 bits per heavy atom. The number of hydrogen-bond acceptors (Lipinski definition) is 2. The minimum absolute atomic E-state index is 0.0385. The van der Waals surface area contributed by atoms with Gasteiger partial charge in [-0.1, -0.05) is 32.0 Å². The Morgan fingerprint density at radius 3 is 2.55 bits per heavy atom. The Morgan fingerprint density at radius 1 is 1.25 bits per heavy atom. The number of hydrogen-bond donors (Lipinski definition) is 1. The zero-order valence-corrected chi connectivity index (χ0v) is 12.2. The maximum atomic E-state index is 12.5. The molecule has 0 fully saturated rings. The topological polar surface area (TPSA) is 49.4 Å². The van der Waals surface area contributed by atoms with Gasteiger partial charge >= 0.3 is 0 Å². The summed E-state index contributed by atoms with van der Waals surface area (Å²) >= 11 is 0. The van der Waals surface area contributed by atoms with Crippen LogP contribution in [-0.4, -0.2) is 35.8 Å². The van der Waals surface area contributed by atoms with Crippen molar-refractivity contribution in [3.8, 4) is 0 Å². The smallest absolute Gasteiger partial charge is 0.252 e. The molecule has 2 amide bonds. The monoisotopic (exact) mass is 274 g/mol. The highest BCUT2D eigenvalue weighted by atomic mass is 16.2. The molecule has 1 unspecified atom stereocenters. The van der Waals surface area contributed by atoms with E-state index in [1.165, 1.54) is 0 Å². The Balaban J connectivity index is 2.14. The molecule has 108 valence electrons. The zero-order valence-electron chi connectivity index (χ0n) is 12.2. The lowest BCUT2D eigenvalue weighted by atomic mass is 9.94. The van der Waals surface area contributed by atoms with Crippen LogP contribution in [0.5, 0.6) is 0 Å². The zero-order chi connectivity index (χ0) is 14.5. The molecule has 4 heteroatoms. The number of amides is 2. The summed E-state index contributed by atoms with van der Waals surface area (Å²) in [6.07, 6.45) is 2.46. The summed E-state index contributed by atoms with van der Waals surface area (Å²) < 4.78 is 0. The fourth-order valence-corrected chi connectivity index (χ4v) is 2.67. The molecule has 0 radical (unpaired) electrons. The number of carbonyl (C=O) groups excluding carboxylic acids is 2. The molecule has 0 spiro atoms. The third-order valence-corrected chi connectivity index (χ3v) is 3.59. The molecule has 0 aliphatic carbocycles. The highest BCUT2D eigenvalue weighted by molar-refractivity contribution is 6.00. The molecular weight excluding hydrogens is 252 g/mol. The number of nitrogens with zero attached hydrogens (tertiary/aromatic N) is 1. The van der Waals surface area contributed by atoms with Crippen LogP contribution in [0, 0.1) is 0 Å². The van der Waals surface area contributed by atoms with Crippen molar-refractivity contribution >= 4 is 11.8 Å². The van der Waals surface area contributed by atoms with Crippen LogP contribution in [0.3, 0.4) is 0 Å². The lowest BCUT2D eigenvalue weighted by Crippen LogP contribution is -2.52. The van der Waals surface area contributed by atoms with Gasteiger partial charge in [-0.25, -0.2) is 0 Å². The fourth-order valence-electron chi connectivity index (χ4n) is 2.67. The van der Waals surface area contributed by atoms with Crippen molar-refractivity contribution in [3.63, 3.8) is 0 Å². The summed E-state index contributed by atoms with van der Waals surface area (Å²) in [5.41, 5.74) is 1.65. The second-order valence-electron chi connectivity index (χ2n) is 5.21. The molecule has 4 nitrogen and oxygen atoms in total. The van der Waals surface area contributed by atoms with Crippen LogP contribution in [0.25, 0.3) is 0 Å². The summed E-state index contributed by atoms with van der Waals surface area (Å²) in [5.74, 6) is -0.102. The SMILES string of the molecule is CCCN(CCC)C(=O)C1Cc2ccccc2C(=O)N1. The maximum Gasteiger partial charge on any atom is 0.252 e. The van der Waals surface area contributed by atoms with Gasteiger partial charge in [0, 0.05) is 25.1 Å². The van der Waals surface area contributed by atoms with E-state index in [0.29, 0.717) is 12.0 Å². The normalized spacial score (nSPS) is 17.3. The Bertz CT molecular complexity index is 493. The van der Waals surface area contributed by atoms with Crippen LogP contribution in [0.1, 0.15) is 42.6 Å². The first-order chi connectivity index (χ1) is 9.67. The average Bonchev–Trinajstić information content (AvgIpc) is 2.46. The maximum absolute atomic E-state index is 12.5. The van der Waals surface area contributed by atoms with E-state index >= 15 is 0 Å². The van der Waals surface area contributed by atoms with Crippen molar-refractivity contribution in [2.75, 3.05) is 13.1 Å². The largest absolute Gasteiger partial charge is 0.341 e. The fraction of sp³-hybridized carbons (Fsp3) is 0.500. The van der Waals surface area contributed by atoms with Crippen molar-refractivity contribution in [1.29, 1.82) is 0 Å². The van der Waals surface area contributed by atoms with E-state index in [1.807, 2.05) is 23.1 Å². The standard InChI is InChI=1S/C16H22N2O2/c1-3-9-18(10-4-2)16(20)14-11-12-7-5-6-8-13(12)15(19)17-14/h5-8,14H,3-4,9-11H2,1-2H3,(H,17,19). The molecule has 1 aliphatic heterocycles. The molecule has 1 aromatic rings.